The molecule has 2 aromatic rings. The first-order valence-corrected chi connectivity index (χ1v) is 9.82. The molecule has 0 radical (unpaired) electrons. The number of carbonyl (C=O) groups excluding carboxylic acids is 1. The summed E-state index contributed by atoms with van der Waals surface area (Å²) in [5, 5.41) is 0. The molecule has 3 rings (SSSR count). The van der Waals surface area contributed by atoms with Crippen molar-refractivity contribution < 1.29 is 17.9 Å². The van der Waals surface area contributed by atoms with Gasteiger partial charge in [-0.05, 0) is 38.1 Å². The molecular formula is C19H22N2O4S. The summed E-state index contributed by atoms with van der Waals surface area (Å²) in [6, 6.07) is 13.1. The molecule has 0 bridgehead atoms. The largest absolute Gasteiger partial charge is 0.497 e. The van der Waals surface area contributed by atoms with Gasteiger partial charge in [0.1, 0.15) is 11.8 Å². The molecule has 7 heteroatoms. The van der Waals surface area contributed by atoms with Crippen molar-refractivity contribution in [3.8, 4) is 5.75 Å². The quantitative estimate of drug-likeness (QED) is 0.824. The fourth-order valence-corrected chi connectivity index (χ4v) is 4.64. The number of methoxy groups -OCH3 is 1. The van der Waals surface area contributed by atoms with E-state index in [9.17, 15) is 13.2 Å². The maximum absolute atomic E-state index is 12.9. The van der Waals surface area contributed by atoms with Crippen molar-refractivity contribution in [2.75, 3.05) is 25.1 Å². The Hall–Kier alpha value is -2.38. The third-order valence-electron chi connectivity index (χ3n) is 4.59. The molecule has 0 aromatic heterocycles. The molecular weight excluding hydrogens is 352 g/mol. The van der Waals surface area contributed by atoms with E-state index in [0.717, 1.165) is 5.56 Å². The highest BCUT2D eigenvalue weighted by Crippen LogP contribution is 2.27. The van der Waals surface area contributed by atoms with Crippen molar-refractivity contribution >= 4 is 21.6 Å². The lowest BCUT2D eigenvalue weighted by atomic mass is 10.2. The summed E-state index contributed by atoms with van der Waals surface area (Å²) in [4.78, 5) is 14.7. The van der Waals surface area contributed by atoms with Gasteiger partial charge in [-0.1, -0.05) is 23.8 Å². The third kappa shape index (κ3) is 3.32. The zero-order valence-electron chi connectivity index (χ0n) is 15.0. The van der Waals surface area contributed by atoms with E-state index in [4.69, 9.17) is 4.74 Å². The molecule has 1 fully saturated rings. The van der Waals surface area contributed by atoms with Crippen LogP contribution in [0.15, 0.2) is 53.4 Å². The number of rotatable bonds is 4. The summed E-state index contributed by atoms with van der Waals surface area (Å²) >= 11 is 0. The number of ether oxygens (including phenoxy) is 1. The van der Waals surface area contributed by atoms with Gasteiger partial charge in [0, 0.05) is 24.8 Å². The minimum absolute atomic E-state index is 0.206. The van der Waals surface area contributed by atoms with Gasteiger partial charge in [-0.25, -0.2) is 8.42 Å². The summed E-state index contributed by atoms with van der Waals surface area (Å²) < 4.78 is 32.3. The Bertz CT molecular complexity index is 909. The second-order valence-electron chi connectivity index (χ2n) is 6.30. The van der Waals surface area contributed by atoms with Crippen LogP contribution in [-0.2, 0) is 14.8 Å². The number of piperazine rings is 1. The minimum Gasteiger partial charge on any atom is -0.497 e. The van der Waals surface area contributed by atoms with Crippen LogP contribution in [0.1, 0.15) is 12.5 Å². The maximum Gasteiger partial charge on any atom is 0.245 e. The maximum atomic E-state index is 12.9. The van der Waals surface area contributed by atoms with Gasteiger partial charge in [0.2, 0.25) is 15.9 Å². The van der Waals surface area contributed by atoms with Crippen LogP contribution in [0.5, 0.6) is 5.75 Å². The Labute approximate surface area is 154 Å². The number of amides is 1. The number of benzene rings is 2. The van der Waals surface area contributed by atoms with Crippen molar-refractivity contribution in [2.45, 2.75) is 24.8 Å². The van der Waals surface area contributed by atoms with Gasteiger partial charge in [0.15, 0.2) is 0 Å². The fourth-order valence-electron chi connectivity index (χ4n) is 3.06. The Kier molecular flexibility index (Phi) is 5.02. The lowest BCUT2D eigenvalue weighted by molar-refractivity contribution is -0.123. The molecule has 1 atom stereocenters. The van der Waals surface area contributed by atoms with Gasteiger partial charge in [-0.2, -0.15) is 4.31 Å². The minimum atomic E-state index is -3.72. The standard InChI is InChI=1S/C19H22N2O4S/c1-14-7-9-18(10-8-14)26(23,24)21-12-11-20(19(22)15(21)2)16-5-4-6-17(13-16)25-3/h4-10,13,15H,11-12H2,1-3H3/t15-/m0/s1. The molecule has 1 heterocycles. The van der Waals surface area contributed by atoms with Crippen LogP contribution >= 0.6 is 0 Å². The molecule has 1 saturated heterocycles. The Morgan fingerprint density at radius 2 is 1.77 bits per heavy atom. The topological polar surface area (TPSA) is 66.9 Å². The molecule has 6 nitrogen and oxygen atoms in total. The average molecular weight is 374 g/mol. The molecule has 0 saturated carbocycles. The van der Waals surface area contributed by atoms with Gasteiger partial charge in [-0.3, -0.25) is 4.79 Å². The average Bonchev–Trinajstić information content (AvgIpc) is 2.64. The lowest BCUT2D eigenvalue weighted by Crippen LogP contribution is -2.57. The molecule has 1 amide bonds. The van der Waals surface area contributed by atoms with E-state index in [0.29, 0.717) is 18.0 Å². The summed E-state index contributed by atoms with van der Waals surface area (Å²) in [6.45, 7) is 4.05. The normalized spacial score (nSPS) is 18.8. The van der Waals surface area contributed by atoms with Crippen LogP contribution in [-0.4, -0.2) is 44.9 Å². The molecule has 26 heavy (non-hydrogen) atoms. The predicted molar refractivity (Wildman–Crippen MR) is 99.9 cm³/mol. The number of anilines is 1. The van der Waals surface area contributed by atoms with E-state index in [-0.39, 0.29) is 17.3 Å². The van der Waals surface area contributed by atoms with E-state index in [1.165, 1.54) is 4.31 Å². The monoisotopic (exact) mass is 374 g/mol. The van der Waals surface area contributed by atoms with Gasteiger partial charge >= 0.3 is 0 Å². The smallest absolute Gasteiger partial charge is 0.245 e. The molecule has 0 unspecified atom stereocenters. The van der Waals surface area contributed by atoms with E-state index < -0.39 is 16.1 Å². The Morgan fingerprint density at radius 3 is 2.42 bits per heavy atom. The number of hydrogen-bond acceptors (Lipinski definition) is 4. The molecule has 138 valence electrons. The van der Waals surface area contributed by atoms with Crippen molar-refractivity contribution in [1.82, 2.24) is 4.31 Å². The van der Waals surface area contributed by atoms with Crippen LogP contribution in [0.3, 0.4) is 0 Å². The number of sulfonamides is 1. The molecule has 0 aliphatic carbocycles. The highest BCUT2D eigenvalue weighted by atomic mass is 32.2. The number of aryl methyl sites for hydroxylation is 1. The van der Waals surface area contributed by atoms with Crippen molar-refractivity contribution in [3.63, 3.8) is 0 Å². The number of nitrogens with zero attached hydrogens (tertiary/aromatic N) is 2. The van der Waals surface area contributed by atoms with Crippen molar-refractivity contribution in [1.29, 1.82) is 0 Å². The first kappa shape index (κ1) is 18.4. The van der Waals surface area contributed by atoms with E-state index in [1.807, 2.05) is 19.1 Å². The second-order valence-corrected chi connectivity index (χ2v) is 8.19. The van der Waals surface area contributed by atoms with Gasteiger partial charge in [-0.15, -0.1) is 0 Å². The van der Waals surface area contributed by atoms with Gasteiger partial charge in [0.25, 0.3) is 0 Å². The van der Waals surface area contributed by atoms with E-state index >= 15 is 0 Å². The van der Waals surface area contributed by atoms with Crippen LogP contribution in [0, 0.1) is 6.92 Å². The molecule has 1 aliphatic rings. The van der Waals surface area contributed by atoms with Crippen molar-refractivity contribution in [2.24, 2.45) is 0 Å². The number of hydrogen-bond donors (Lipinski definition) is 0. The highest BCUT2D eigenvalue weighted by molar-refractivity contribution is 7.89. The molecule has 0 spiro atoms. The van der Waals surface area contributed by atoms with E-state index in [2.05, 4.69) is 0 Å². The fraction of sp³-hybridized carbons (Fsp3) is 0.316. The summed E-state index contributed by atoms with van der Waals surface area (Å²) in [5.74, 6) is 0.401. The third-order valence-corrected chi connectivity index (χ3v) is 6.58. The second kappa shape index (κ2) is 7.09. The first-order valence-electron chi connectivity index (χ1n) is 8.38. The summed E-state index contributed by atoms with van der Waals surface area (Å²) in [7, 11) is -2.15. The molecule has 1 aliphatic heterocycles. The van der Waals surface area contributed by atoms with Gasteiger partial charge < -0.3 is 9.64 Å². The Morgan fingerprint density at radius 1 is 1.08 bits per heavy atom. The zero-order valence-corrected chi connectivity index (χ0v) is 15.9. The summed E-state index contributed by atoms with van der Waals surface area (Å²) in [6.07, 6.45) is 0. The first-order chi connectivity index (χ1) is 12.3. The zero-order chi connectivity index (χ0) is 18.9. The van der Waals surface area contributed by atoms with Crippen molar-refractivity contribution in [3.05, 3.63) is 54.1 Å². The van der Waals surface area contributed by atoms with Crippen LogP contribution < -0.4 is 9.64 Å². The SMILES string of the molecule is COc1cccc(N2CCN(S(=O)(=O)c3ccc(C)cc3)[C@@H](C)C2=O)c1. The van der Waals surface area contributed by atoms with Gasteiger partial charge in [0.05, 0.1) is 12.0 Å². The highest BCUT2D eigenvalue weighted by Gasteiger charge is 2.39. The van der Waals surface area contributed by atoms with Crippen LogP contribution in [0.25, 0.3) is 0 Å². The summed E-state index contributed by atoms with van der Waals surface area (Å²) in [5.41, 5.74) is 1.68. The van der Waals surface area contributed by atoms with Crippen LogP contribution in [0.2, 0.25) is 0 Å². The predicted octanol–water partition coefficient (Wildman–Crippen LogP) is 2.43. The Balaban J connectivity index is 1.86. The number of carbonyl (C=O) groups is 1. The van der Waals surface area contributed by atoms with Crippen LogP contribution in [0.4, 0.5) is 5.69 Å². The lowest BCUT2D eigenvalue weighted by Gasteiger charge is -2.38. The molecule has 2 aromatic carbocycles. The molecule has 0 N–H and O–H groups in total. The van der Waals surface area contributed by atoms with E-state index in [1.54, 1.807) is 55.3 Å².